The topological polar surface area (TPSA) is 87.7 Å². The second-order valence-electron chi connectivity index (χ2n) is 5.42. The second-order valence-corrected chi connectivity index (χ2v) is 6.95. The van der Waals surface area contributed by atoms with E-state index in [-0.39, 0.29) is 5.75 Å². The molecule has 2 aromatic rings. The van der Waals surface area contributed by atoms with Gasteiger partial charge in [0.1, 0.15) is 18.0 Å². The van der Waals surface area contributed by atoms with E-state index in [9.17, 15) is 15.3 Å². The van der Waals surface area contributed by atoms with Crippen LogP contribution in [0.15, 0.2) is 30.6 Å². The first-order valence-electron chi connectivity index (χ1n) is 7.07. The Labute approximate surface area is 142 Å². The lowest BCUT2D eigenvalue weighted by Crippen LogP contribution is -2.50. The van der Waals surface area contributed by atoms with Crippen LogP contribution in [0.2, 0.25) is 5.02 Å². The Morgan fingerprint density at radius 3 is 2.74 bits per heavy atom. The number of benzene rings is 1. The highest BCUT2D eigenvalue weighted by Gasteiger charge is 2.38. The quantitative estimate of drug-likeness (QED) is 0.767. The van der Waals surface area contributed by atoms with Gasteiger partial charge in [-0.05, 0) is 17.7 Å². The maximum absolute atomic E-state index is 10.0. The van der Waals surface area contributed by atoms with Gasteiger partial charge in [0, 0.05) is 24.6 Å². The molecule has 0 radical (unpaired) electrons. The Morgan fingerprint density at radius 1 is 1.26 bits per heavy atom. The Morgan fingerprint density at radius 2 is 2.04 bits per heavy atom. The summed E-state index contributed by atoms with van der Waals surface area (Å²) >= 11 is 7.41. The van der Waals surface area contributed by atoms with Crippen molar-refractivity contribution in [2.45, 2.75) is 23.7 Å². The molecule has 0 unspecified atom stereocenters. The fourth-order valence-corrected chi connectivity index (χ4v) is 3.63. The van der Waals surface area contributed by atoms with Crippen molar-refractivity contribution in [2.24, 2.45) is 7.05 Å². The van der Waals surface area contributed by atoms with Gasteiger partial charge in [0.25, 0.3) is 0 Å². The van der Waals surface area contributed by atoms with Gasteiger partial charge in [0.2, 0.25) is 0 Å². The van der Waals surface area contributed by atoms with Crippen LogP contribution in [0.4, 0.5) is 0 Å². The van der Waals surface area contributed by atoms with Crippen molar-refractivity contribution in [3.8, 4) is 16.9 Å². The lowest BCUT2D eigenvalue weighted by atomic mass is 10.1. The van der Waals surface area contributed by atoms with Gasteiger partial charge in [0.05, 0.1) is 17.3 Å². The molecule has 2 heterocycles. The van der Waals surface area contributed by atoms with Crippen LogP contribution >= 0.6 is 23.4 Å². The normalized spacial score (nSPS) is 27.9. The highest BCUT2D eigenvalue weighted by atomic mass is 35.5. The van der Waals surface area contributed by atoms with E-state index in [1.165, 1.54) is 11.8 Å². The Bertz CT molecular complexity index is 696. The van der Waals surface area contributed by atoms with E-state index in [1.807, 2.05) is 19.3 Å². The predicted molar refractivity (Wildman–Crippen MR) is 88.5 cm³/mol. The maximum Gasteiger partial charge on any atom is 0.173 e. The van der Waals surface area contributed by atoms with Crippen molar-refractivity contribution < 1.29 is 20.1 Å². The summed E-state index contributed by atoms with van der Waals surface area (Å²) in [5, 5.41) is 33.9. The van der Waals surface area contributed by atoms with Crippen molar-refractivity contribution >= 4 is 23.4 Å². The van der Waals surface area contributed by atoms with Gasteiger partial charge in [-0.1, -0.05) is 17.7 Å². The first-order chi connectivity index (χ1) is 11.0. The second kappa shape index (κ2) is 6.70. The number of aliphatic hydroxyl groups excluding tert-OH is 3. The van der Waals surface area contributed by atoms with E-state index in [2.05, 4.69) is 5.10 Å². The van der Waals surface area contributed by atoms with E-state index in [4.69, 9.17) is 16.3 Å². The molecule has 1 aromatic carbocycles. The largest absolute Gasteiger partial charge is 0.475 e. The predicted octanol–water partition coefficient (Wildman–Crippen LogP) is 1.27. The minimum absolute atomic E-state index is 0.281. The van der Waals surface area contributed by atoms with Gasteiger partial charge in [-0.3, -0.25) is 4.68 Å². The van der Waals surface area contributed by atoms with Crippen molar-refractivity contribution in [3.05, 3.63) is 35.6 Å². The standard InChI is InChI=1S/C15H17ClN2O4S/c1-18-6-9(5-17-18)8-2-3-10(16)12(4-8)22-15-14(21)13(20)11(19)7-23-15/h2-6,11,13-15,19-21H,7H2,1H3/t11-,13+,14-,15+/m1/s1. The first kappa shape index (κ1) is 16.6. The molecule has 0 saturated carbocycles. The molecule has 0 spiro atoms. The first-order valence-corrected chi connectivity index (χ1v) is 8.49. The summed E-state index contributed by atoms with van der Waals surface area (Å²) in [6.07, 6.45) is 0.213. The molecule has 0 aliphatic carbocycles. The molecule has 3 N–H and O–H groups in total. The average Bonchev–Trinajstić information content (AvgIpc) is 2.96. The number of hydrogen-bond acceptors (Lipinski definition) is 6. The van der Waals surface area contributed by atoms with Crippen LogP contribution in [0.25, 0.3) is 11.1 Å². The minimum atomic E-state index is -1.23. The summed E-state index contributed by atoms with van der Waals surface area (Å²) in [5.41, 5.74) is 1.10. The Kier molecular flexibility index (Phi) is 4.84. The molecule has 1 fully saturated rings. The summed E-state index contributed by atoms with van der Waals surface area (Å²) in [5.74, 6) is 0.691. The monoisotopic (exact) mass is 356 g/mol. The van der Waals surface area contributed by atoms with Crippen LogP contribution < -0.4 is 4.74 Å². The van der Waals surface area contributed by atoms with Gasteiger partial charge in [-0.2, -0.15) is 5.10 Å². The SMILES string of the molecule is Cn1cc(-c2ccc(Cl)c(O[C@H]3SC[C@@H](O)[C@H](O)[C@H]3O)c2)cn1. The van der Waals surface area contributed by atoms with E-state index in [1.54, 1.807) is 23.0 Å². The van der Waals surface area contributed by atoms with Gasteiger partial charge < -0.3 is 20.1 Å². The molecule has 1 aliphatic rings. The smallest absolute Gasteiger partial charge is 0.173 e. The maximum atomic E-state index is 10.0. The number of hydrogen-bond donors (Lipinski definition) is 3. The molecule has 124 valence electrons. The van der Waals surface area contributed by atoms with Gasteiger partial charge >= 0.3 is 0 Å². The molecular formula is C15H17ClN2O4S. The molecule has 6 nitrogen and oxygen atoms in total. The molecule has 4 atom stereocenters. The summed E-state index contributed by atoms with van der Waals surface area (Å²) in [6.45, 7) is 0. The van der Waals surface area contributed by atoms with Crippen molar-refractivity contribution in [3.63, 3.8) is 0 Å². The molecular weight excluding hydrogens is 340 g/mol. The summed E-state index contributed by atoms with van der Waals surface area (Å²) in [7, 11) is 1.83. The highest BCUT2D eigenvalue weighted by Crippen LogP contribution is 2.35. The number of thioether (sulfide) groups is 1. The third kappa shape index (κ3) is 3.49. The molecule has 1 aromatic heterocycles. The number of nitrogens with zero attached hydrogens (tertiary/aromatic N) is 2. The molecule has 1 saturated heterocycles. The molecule has 23 heavy (non-hydrogen) atoms. The van der Waals surface area contributed by atoms with E-state index < -0.39 is 23.7 Å². The van der Waals surface area contributed by atoms with Gasteiger partial charge in [-0.15, -0.1) is 11.8 Å². The fourth-order valence-electron chi connectivity index (χ4n) is 2.35. The van der Waals surface area contributed by atoms with Crippen LogP contribution in [0.3, 0.4) is 0 Å². The average molecular weight is 357 g/mol. The van der Waals surface area contributed by atoms with Gasteiger partial charge in [0.15, 0.2) is 5.44 Å². The third-order valence-corrected chi connectivity index (χ3v) is 5.22. The fraction of sp³-hybridized carbons (Fsp3) is 0.400. The molecule has 0 amide bonds. The Balaban J connectivity index is 1.82. The van der Waals surface area contributed by atoms with E-state index >= 15 is 0 Å². The molecule has 0 bridgehead atoms. The summed E-state index contributed by atoms with van der Waals surface area (Å²) < 4.78 is 7.47. The zero-order chi connectivity index (χ0) is 16.6. The minimum Gasteiger partial charge on any atom is -0.475 e. The Hall–Kier alpha value is -1.25. The van der Waals surface area contributed by atoms with Crippen LogP contribution in [0.5, 0.6) is 5.75 Å². The third-order valence-electron chi connectivity index (χ3n) is 3.67. The number of aliphatic hydroxyl groups is 3. The van der Waals surface area contributed by atoms with Crippen LogP contribution in [-0.4, -0.2) is 54.6 Å². The van der Waals surface area contributed by atoms with Crippen LogP contribution in [-0.2, 0) is 7.05 Å². The highest BCUT2D eigenvalue weighted by molar-refractivity contribution is 7.99. The van der Waals surface area contributed by atoms with E-state index in [0.717, 1.165) is 11.1 Å². The number of aromatic nitrogens is 2. The van der Waals surface area contributed by atoms with E-state index in [0.29, 0.717) is 10.8 Å². The van der Waals surface area contributed by atoms with Crippen molar-refractivity contribution in [1.82, 2.24) is 9.78 Å². The molecule has 1 aliphatic heterocycles. The number of aryl methyl sites for hydroxylation is 1. The summed E-state index contributed by atoms with van der Waals surface area (Å²) in [4.78, 5) is 0. The molecule has 3 rings (SSSR count). The van der Waals surface area contributed by atoms with Crippen LogP contribution in [0, 0.1) is 0 Å². The lowest BCUT2D eigenvalue weighted by Gasteiger charge is -2.34. The zero-order valence-electron chi connectivity index (χ0n) is 12.3. The number of rotatable bonds is 3. The van der Waals surface area contributed by atoms with Gasteiger partial charge in [-0.25, -0.2) is 0 Å². The van der Waals surface area contributed by atoms with Crippen molar-refractivity contribution in [2.75, 3.05) is 5.75 Å². The number of halogens is 1. The van der Waals surface area contributed by atoms with Crippen molar-refractivity contribution in [1.29, 1.82) is 0 Å². The van der Waals surface area contributed by atoms with Crippen LogP contribution in [0.1, 0.15) is 0 Å². The lowest BCUT2D eigenvalue weighted by molar-refractivity contribution is -0.0785. The summed E-state index contributed by atoms with van der Waals surface area (Å²) in [6, 6.07) is 5.34. The molecule has 8 heteroatoms. The zero-order valence-corrected chi connectivity index (χ0v) is 13.9. The number of ether oxygens (including phenoxy) is 1.